The minimum Gasteiger partial charge on any atom is -0.494 e. The van der Waals surface area contributed by atoms with E-state index in [9.17, 15) is 29.1 Å². The lowest BCUT2D eigenvalue weighted by Gasteiger charge is -2.50. The van der Waals surface area contributed by atoms with Gasteiger partial charge >= 0.3 is 11.7 Å². The molecule has 1 unspecified atom stereocenters. The van der Waals surface area contributed by atoms with Crippen molar-refractivity contribution < 1.29 is 19.5 Å². The molecule has 2 aromatic rings. The van der Waals surface area contributed by atoms with Gasteiger partial charge < -0.3 is 10.0 Å². The number of urea groups is 1. The van der Waals surface area contributed by atoms with Crippen LogP contribution in [0.25, 0.3) is 0 Å². The van der Waals surface area contributed by atoms with Gasteiger partial charge in [-0.3, -0.25) is 39.1 Å². The molecule has 1 aromatic heterocycles. The molecule has 3 aliphatic rings. The molecule has 4 heterocycles. The van der Waals surface area contributed by atoms with Crippen molar-refractivity contribution in [1.29, 1.82) is 0 Å². The van der Waals surface area contributed by atoms with E-state index in [-0.39, 0.29) is 30.2 Å². The Morgan fingerprint density at radius 3 is 2.44 bits per heavy atom. The number of imide groups is 2. The maximum absolute atomic E-state index is 13.5. The number of aromatic hydroxyl groups is 1. The molecule has 12 heteroatoms. The van der Waals surface area contributed by atoms with Crippen LogP contribution in [0.2, 0.25) is 0 Å². The first-order valence-electron chi connectivity index (χ1n) is 11.7. The number of aromatic amines is 2. The molecule has 36 heavy (non-hydrogen) atoms. The Kier molecular flexibility index (Phi) is 5.34. The number of aromatic nitrogens is 2. The van der Waals surface area contributed by atoms with E-state index in [0.717, 1.165) is 27.5 Å². The van der Waals surface area contributed by atoms with Gasteiger partial charge in [0, 0.05) is 26.3 Å². The zero-order valence-corrected chi connectivity index (χ0v) is 20.1. The third-order valence-electron chi connectivity index (χ3n) is 7.42. The number of amides is 4. The predicted molar refractivity (Wildman–Crippen MR) is 130 cm³/mol. The number of fused-ring (bicyclic) bond motifs is 4. The fraction of sp³-hybridized carbons (Fsp3) is 0.417. The second kappa shape index (κ2) is 8.18. The molecule has 188 valence electrons. The van der Waals surface area contributed by atoms with Gasteiger partial charge in [0.2, 0.25) is 17.7 Å². The van der Waals surface area contributed by atoms with Crippen molar-refractivity contribution in [3.63, 3.8) is 0 Å². The Morgan fingerprint density at radius 2 is 1.81 bits per heavy atom. The van der Waals surface area contributed by atoms with Crippen molar-refractivity contribution in [2.45, 2.75) is 38.6 Å². The minimum absolute atomic E-state index is 0.110. The fourth-order valence-electron chi connectivity index (χ4n) is 5.78. The summed E-state index contributed by atoms with van der Waals surface area (Å²) in [6.07, 6.45) is 1.86. The highest BCUT2D eigenvalue weighted by atomic mass is 16.3. The molecule has 0 radical (unpaired) electrons. The molecule has 2 saturated heterocycles. The van der Waals surface area contributed by atoms with Crippen molar-refractivity contribution in [3.8, 4) is 5.88 Å². The maximum Gasteiger partial charge on any atom is 0.332 e. The molecule has 3 aliphatic heterocycles. The Hall–Kier alpha value is -4.22. The van der Waals surface area contributed by atoms with Crippen LogP contribution in [0.1, 0.15) is 37.3 Å². The maximum atomic E-state index is 13.5. The number of aliphatic imine (C=N–C) groups is 1. The third kappa shape index (κ3) is 3.20. The van der Waals surface area contributed by atoms with Crippen LogP contribution in [0.4, 0.5) is 16.2 Å². The topological polar surface area (TPSA) is 159 Å². The lowest BCUT2D eigenvalue weighted by Crippen LogP contribution is -2.70. The number of hydrogen-bond acceptors (Lipinski definition) is 8. The zero-order valence-electron chi connectivity index (χ0n) is 20.1. The largest absolute Gasteiger partial charge is 0.494 e. The average Bonchev–Trinajstić information content (AvgIpc) is 3.34. The van der Waals surface area contributed by atoms with Crippen LogP contribution in [0.15, 0.2) is 32.8 Å². The SMILES string of the molecule is CCC(=Nc1ccc2c(c1)CC1(C(=O)N(C)C(=O)N(C)C1=O)C1CCCN21)c1c(O)[nH]c(=O)[nH]c1=O. The lowest BCUT2D eigenvalue weighted by molar-refractivity contribution is -0.159. The molecule has 4 amide bonds. The number of hydrogen-bond donors (Lipinski definition) is 3. The van der Waals surface area contributed by atoms with Crippen LogP contribution < -0.4 is 16.1 Å². The summed E-state index contributed by atoms with van der Waals surface area (Å²) in [5, 5.41) is 10.2. The molecule has 0 bridgehead atoms. The fourth-order valence-corrected chi connectivity index (χ4v) is 5.78. The van der Waals surface area contributed by atoms with Crippen molar-refractivity contribution in [1.82, 2.24) is 19.8 Å². The van der Waals surface area contributed by atoms with E-state index in [4.69, 9.17) is 0 Å². The van der Waals surface area contributed by atoms with Gasteiger partial charge in [0.15, 0.2) is 5.41 Å². The van der Waals surface area contributed by atoms with Gasteiger partial charge in [-0.1, -0.05) is 6.92 Å². The average molecular weight is 495 g/mol. The first kappa shape index (κ1) is 23.5. The van der Waals surface area contributed by atoms with Crippen LogP contribution in [-0.4, -0.2) is 75.1 Å². The Bertz CT molecular complexity index is 1430. The molecular formula is C24H26N6O6. The predicted octanol–water partition coefficient (Wildman–Crippen LogP) is 0.861. The molecule has 1 aromatic carbocycles. The molecule has 0 saturated carbocycles. The standard InChI is InChI=1S/C24H26N6O6/c1-4-14(17-18(31)26-22(35)27-19(17)32)25-13-7-8-15-12(10-13)11-24(16-6-5-9-30(15)16)20(33)28(2)23(36)29(3)21(24)34/h7-8,10,16H,4-6,9,11H2,1-3H3,(H3,26,27,31,32,35). The van der Waals surface area contributed by atoms with E-state index in [0.29, 0.717) is 18.7 Å². The normalized spacial score (nSPS) is 21.3. The van der Waals surface area contributed by atoms with Crippen molar-refractivity contribution in [3.05, 3.63) is 50.2 Å². The molecule has 1 spiro atoms. The summed E-state index contributed by atoms with van der Waals surface area (Å²) in [4.78, 5) is 76.2. The van der Waals surface area contributed by atoms with E-state index < -0.39 is 40.4 Å². The van der Waals surface area contributed by atoms with Crippen molar-refractivity contribution in [2.24, 2.45) is 10.4 Å². The molecule has 2 fully saturated rings. The van der Waals surface area contributed by atoms with Gasteiger partial charge in [-0.2, -0.15) is 0 Å². The van der Waals surface area contributed by atoms with Gasteiger partial charge in [0.25, 0.3) is 5.56 Å². The quantitative estimate of drug-likeness (QED) is 0.421. The number of carbonyl (C=O) groups is 3. The molecule has 12 nitrogen and oxygen atoms in total. The number of barbiturate groups is 1. The number of H-pyrrole nitrogens is 2. The van der Waals surface area contributed by atoms with Gasteiger partial charge in [-0.25, -0.2) is 9.59 Å². The van der Waals surface area contributed by atoms with E-state index in [1.165, 1.54) is 14.1 Å². The van der Waals surface area contributed by atoms with Crippen molar-refractivity contribution in [2.75, 3.05) is 25.5 Å². The first-order valence-corrected chi connectivity index (χ1v) is 11.7. The molecule has 0 aliphatic carbocycles. The Morgan fingerprint density at radius 1 is 1.11 bits per heavy atom. The number of benzene rings is 1. The zero-order chi connectivity index (χ0) is 25.9. The smallest absolute Gasteiger partial charge is 0.332 e. The van der Waals surface area contributed by atoms with Gasteiger partial charge in [-0.15, -0.1) is 0 Å². The number of rotatable bonds is 3. The lowest BCUT2D eigenvalue weighted by atomic mass is 9.68. The van der Waals surface area contributed by atoms with Crippen LogP contribution >= 0.6 is 0 Å². The van der Waals surface area contributed by atoms with Gasteiger partial charge in [-0.05, 0) is 49.4 Å². The second-order valence-electron chi connectivity index (χ2n) is 9.37. The summed E-state index contributed by atoms with van der Waals surface area (Å²) < 4.78 is 0. The Balaban J connectivity index is 1.63. The van der Waals surface area contributed by atoms with Crippen LogP contribution in [-0.2, 0) is 16.0 Å². The second-order valence-corrected chi connectivity index (χ2v) is 9.37. The van der Waals surface area contributed by atoms with E-state index in [1.807, 2.05) is 6.07 Å². The number of anilines is 1. The summed E-state index contributed by atoms with van der Waals surface area (Å²) in [6, 6.07) is 4.39. The van der Waals surface area contributed by atoms with Crippen molar-refractivity contribution >= 4 is 34.9 Å². The summed E-state index contributed by atoms with van der Waals surface area (Å²) in [5.41, 5.74) is -0.818. The van der Waals surface area contributed by atoms with E-state index >= 15 is 0 Å². The summed E-state index contributed by atoms with van der Waals surface area (Å²) in [6.45, 7) is 2.43. The highest BCUT2D eigenvalue weighted by Crippen LogP contribution is 2.49. The monoisotopic (exact) mass is 494 g/mol. The molecule has 5 rings (SSSR count). The molecular weight excluding hydrogens is 468 g/mol. The highest BCUT2D eigenvalue weighted by molar-refractivity contribution is 6.20. The summed E-state index contributed by atoms with van der Waals surface area (Å²) >= 11 is 0. The minimum atomic E-state index is -1.43. The third-order valence-corrected chi connectivity index (χ3v) is 7.42. The highest BCUT2D eigenvalue weighted by Gasteiger charge is 2.63. The molecule has 1 atom stereocenters. The van der Waals surface area contributed by atoms with Gasteiger partial charge in [0.1, 0.15) is 5.56 Å². The first-order chi connectivity index (χ1) is 17.1. The van der Waals surface area contributed by atoms with E-state index in [1.54, 1.807) is 19.1 Å². The number of nitrogens with one attached hydrogen (secondary N) is 2. The van der Waals surface area contributed by atoms with Crippen LogP contribution in [0.5, 0.6) is 5.88 Å². The van der Waals surface area contributed by atoms with E-state index in [2.05, 4.69) is 19.9 Å². The van der Waals surface area contributed by atoms with Crippen LogP contribution in [0.3, 0.4) is 0 Å². The summed E-state index contributed by atoms with van der Waals surface area (Å²) in [5.74, 6) is -1.59. The number of carbonyl (C=O) groups excluding carboxylic acids is 3. The van der Waals surface area contributed by atoms with Crippen LogP contribution in [0, 0.1) is 5.41 Å². The summed E-state index contributed by atoms with van der Waals surface area (Å²) in [7, 11) is 2.79. The Labute approximate surface area is 205 Å². The number of nitrogens with zero attached hydrogens (tertiary/aromatic N) is 4. The molecule has 3 N–H and O–H groups in total. The van der Waals surface area contributed by atoms with Gasteiger partial charge in [0.05, 0.1) is 17.4 Å².